The highest BCUT2D eigenvalue weighted by Gasteiger charge is 2.42. The lowest BCUT2D eigenvalue weighted by molar-refractivity contribution is -0.274. The van der Waals surface area contributed by atoms with Gasteiger partial charge in [-0.1, -0.05) is 6.07 Å². The summed E-state index contributed by atoms with van der Waals surface area (Å²) in [5, 5.41) is 0. The van der Waals surface area contributed by atoms with Gasteiger partial charge in [-0.05, 0) is 58.1 Å². The van der Waals surface area contributed by atoms with E-state index >= 15 is 0 Å². The third-order valence-corrected chi connectivity index (χ3v) is 3.61. The maximum absolute atomic E-state index is 12.2. The summed E-state index contributed by atoms with van der Waals surface area (Å²) < 4.78 is 41.1. The molecule has 19 heavy (non-hydrogen) atoms. The molecule has 1 aliphatic heterocycles. The zero-order valence-corrected chi connectivity index (χ0v) is 11.1. The van der Waals surface area contributed by atoms with Gasteiger partial charge in [-0.15, -0.1) is 13.2 Å². The fourth-order valence-corrected chi connectivity index (χ4v) is 2.95. The van der Waals surface area contributed by atoms with E-state index < -0.39 is 12.0 Å². The first-order chi connectivity index (χ1) is 8.88. The lowest BCUT2D eigenvalue weighted by atomic mass is 9.96. The largest absolute Gasteiger partial charge is 0.573 e. The Bertz CT molecular complexity index is 558. The van der Waals surface area contributed by atoms with Crippen LogP contribution in [0.3, 0.4) is 0 Å². The highest BCUT2D eigenvalue weighted by Crippen LogP contribution is 2.45. The zero-order valence-electron chi connectivity index (χ0n) is 9.55. The summed E-state index contributed by atoms with van der Waals surface area (Å²) in [6, 6.07) is 4.34. The minimum atomic E-state index is -4.67. The predicted octanol–water partition coefficient (Wildman–Crippen LogP) is 3.50. The van der Waals surface area contributed by atoms with Crippen LogP contribution >= 0.6 is 15.9 Å². The Labute approximate surface area is 115 Å². The number of aryl methyl sites for hydroxylation is 1. The van der Waals surface area contributed by atoms with Crippen LogP contribution in [0.15, 0.2) is 28.9 Å². The Balaban J connectivity index is 1.93. The molecule has 1 atom stereocenters. The lowest BCUT2D eigenvalue weighted by Gasteiger charge is -2.20. The molecule has 2 aliphatic rings. The number of nitrogens with one attached hydrogen (secondary N) is 1. The van der Waals surface area contributed by atoms with Crippen molar-refractivity contribution in [3.63, 3.8) is 0 Å². The Kier molecular flexibility index (Phi) is 2.79. The van der Waals surface area contributed by atoms with Crippen LogP contribution in [-0.4, -0.2) is 6.36 Å². The van der Waals surface area contributed by atoms with Gasteiger partial charge in [0.25, 0.3) is 0 Å². The molecule has 0 bridgehead atoms. The number of ether oxygens (including phenoxy) is 1. The first-order valence-electron chi connectivity index (χ1n) is 5.59. The van der Waals surface area contributed by atoms with Crippen molar-refractivity contribution in [1.82, 2.24) is 5.48 Å². The zero-order chi connectivity index (χ0) is 13.7. The number of alkyl halides is 3. The van der Waals surface area contributed by atoms with E-state index in [0.717, 1.165) is 15.7 Å². The summed E-state index contributed by atoms with van der Waals surface area (Å²) in [5.74, 6) is -0.197. The van der Waals surface area contributed by atoms with Crippen LogP contribution in [0.5, 0.6) is 5.75 Å². The average Bonchev–Trinajstić information content (AvgIpc) is 2.83. The van der Waals surface area contributed by atoms with Crippen molar-refractivity contribution in [2.75, 3.05) is 0 Å². The van der Waals surface area contributed by atoms with Crippen LogP contribution in [0, 0.1) is 0 Å². The Morgan fingerprint density at radius 1 is 1.37 bits per heavy atom. The molecule has 1 aromatic carbocycles. The molecular formula is C12H9BrF3NO2. The van der Waals surface area contributed by atoms with Crippen molar-refractivity contribution in [3.05, 3.63) is 40.0 Å². The predicted molar refractivity (Wildman–Crippen MR) is 64.4 cm³/mol. The molecule has 102 valence electrons. The molecule has 0 amide bonds. The fraction of sp³-hybridized carbons (Fsp3) is 0.333. The maximum Gasteiger partial charge on any atom is 0.573 e. The van der Waals surface area contributed by atoms with Gasteiger partial charge in [-0.25, -0.2) is 0 Å². The summed E-state index contributed by atoms with van der Waals surface area (Å²) in [7, 11) is 0. The van der Waals surface area contributed by atoms with Crippen molar-refractivity contribution in [2.45, 2.75) is 24.8 Å². The summed E-state index contributed by atoms with van der Waals surface area (Å²) in [6.07, 6.45) is -1.47. The third kappa shape index (κ3) is 2.32. The molecule has 1 unspecified atom stereocenters. The monoisotopic (exact) mass is 335 g/mol. The van der Waals surface area contributed by atoms with Crippen molar-refractivity contribution in [1.29, 1.82) is 0 Å². The number of benzene rings is 1. The van der Waals surface area contributed by atoms with Crippen molar-refractivity contribution >= 4 is 15.9 Å². The first kappa shape index (κ1) is 12.8. The molecule has 0 saturated carbocycles. The molecule has 7 heteroatoms. The van der Waals surface area contributed by atoms with E-state index in [-0.39, 0.29) is 5.75 Å². The highest BCUT2D eigenvalue weighted by atomic mass is 79.9. The van der Waals surface area contributed by atoms with Crippen molar-refractivity contribution in [3.8, 4) is 5.75 Å². The maximum atomic E-state index is 12.2. The standard InChI is InChI=1S/C12H9BrF3NO2/c13-10-6-11(19-17-10)4-3-7-5-8(1-2-9(7)11)18-12(14,15)16/h1-2,5-6,17H,3-4H2. The van der Waals surface area contributed by atoms with Crippen LogP contribution in [0.1, 0.15) is 17.5 Å². The quantitative estimate of drug-likeness (QED) is 0.797. The summed E-state index contributed by atoms with van der Waals surface area (Å²) >= 11 is 3.28. The second-order valence-electron chi connectivity index (χ2n) is 4.45. The second kappa shape index (κ2) is 4.14. The Morgan fingerprint density at radius 3 is 2.79 bits per heavy atom. The van der Waals surface area contributed by atoms with Gasteiger partial charge in [0, 0.05) is 0 Å². The van der Waals surface area contributed by atoms with Gasteiger partial charge >= 0.3 is 6.36 Å². The number of rotatable bonds is 1. The van der Waals surface area contributed by atoms with Crippen LogP contribution < -0.4 is 10.2 Å². The molecule has 1 N–H and O–H groups in total. The van der Waals surface area contributed by atoms with Gasteiger partial charge in [-0.2, -0.15) is 0 Å². The second-order valence-corrected chi connectivity index (χ2v) is 5.31. The van der Waals surface area contributed by atoms with E-state index in [1.807, 2.05) is 6.08 Å². The van der Waals surface area contributed by atoms with Gasteiger partial charge in [0.2, 0.25) is 0 Å². The molecule has 0 saturated heterocycles. The topological polar surface area (TPSA) is 30.5 Å². The van der Waals surface area contributed by atoms with E-state index in [2.05, 4.69) is 26.1 Å². The van der Waals surface area contributed by atoms with Gasteiger partial charge in [-0.3, -0.25) is 10.3 Å². The molecule has 3 rings (SSSR count). The number of hydrogen-bond acceptors (Lipinski definition) is 3. The summed E-state index contributed by atoms with van der Waals surface area (Å²) in [6.45, 7) is 0. The minimum Gasteiger partial charge on any atom is -0.406 e. The van der Waals surface area contributed by atoms with Gasteiger partial charge < -0.3 is 4.74 Å². The molecular weight excluding hydrogens is 327 g/mol. The summed E-state index contributed by atoms with van der Waals surface area (Å²) in [5.41, 5.74) is 3.79. The van der Waals surface area contributed by atoms with Gasteiger partial charge in [0.1, 0.15) is 16.0 Å². The van der Waals surface area contributed by atoms with Crippen LogP contribution in [0.2, 0.25) is 0 Å². The van der Waals surface area contributed by atoms with Gasteiger partial charge in [0.05, 0.1) is 0 Å². The number of hydrogen-bond donors (Lipinski definition) is 1. The normalized spacial score (nSPS) is 25.2. The van der Waals surface area contributed by atoms with Crippen molar-refractivity contribution < 1.29 is 22.7 Å². The van der Waals surface area contributed by atoms with E-state index in [4.69, 9.17) is 4.84 Å². The molecule has 0 aromatic heterocycles. The Morgan fingerprint density at radius 2 is 2.16 bits per heavy atom. The fourth-order valence-electron chi connectivity index (χ4n) is 2.50. The number of halogens is 4. The van der Waals surface area contributed by atoms with Crippen LogP contribution in [0.4, 0.5) is 13.2 Å². The molecule has 1 spiro atoms. The minimum absolute atomic E-state index is 0.197. The molecule has 3 nitrogen and oxygen atoms in total. The Hall–Kier alpha value is -1.21. The SMILES string of the molecule is FC(F)(F)Oc1ccc2c(c1)CCC21C=C(Br)NO1. The molecule has 1 aromatic rings. The van der Waals surface area contributed by atoms with E-state index in [1.54, 1.807) is 6.07 Å². The highest BCUT2D eigenvalue weighted by molar-refractivity contribution is 9.11. The van der Waals surface area contributed by atoms with Gasteiger partial charge in [0.15, 0.2) is 0 Å². The average molecular weight is 336 g/mol. The molecule has 0 radical (unpaired) electrons. The van der Waals surface area contributed by atoms with Crippen LogP contribution in [0.25, 0.3) is 0 Å². The first-order valence-corrected chi connectivity index (χ1v) is 6.39. The van der Waals surface area contributed by atoms with Crippen LogP contribution in [-0.2, 0) is 16.9 Å². The molecule has 0 fully saturated rings. The summed E-state index contributed by atoms with van der Waals surface area (Å²) in [4.78, 5) is 5.53. The molecule has 1 heterocycles. The number of fused-ring (bicyclic) bond motifs is 2. The van der Waals surface area contributed by atoms with Crippen molar-refractivity contribution in [2.24, 2.45) is 0 Å². The van der Waals surface area contributed by atoms with E-state index in [9.17, 15) is 13.2 Å². The third-order valence-electron chi connectivity index (χ3n) is 3.22. The smallest absolute Gasteiger partial charge is 0.406 e. The number of hydroxylamine groups is 1. The van der Waals surface area contributed by atoms with E-state index in [1.165, 1.54) is 12.1 Å². The molecule has 1 aliphatic carbocycles. The van der Waals surface area contributed by atoms with E-state index in [0.29, 0.717) is 12.8 Å². The lowest BCUT2D eigenvalue weighted by Crippen LogP contribution is -2.24.